The second-order valence-corrected chi connectivity index (χ2v) is 6.74. The number of rotatable bonds is 6. The van der Waals surface area contributed by atoms with Crippen molar-refractivity contribution < 1.29 is 14.5 Å². The number of hydrogen-bond donors (Lipinski definition) is 2. The number of carbonyl (C=O) groups is 2. The summed E-state index contributed by atoms with van der Waals surface area (Å²) < 4.78 is 0. The molecule has 128 valence electrons. The molecule has 2 saturated heterocycles. The first-order valence-electron chi connectivity index (χ1n) is 8.56. The van der Waals surface area contributed by atoms with Crippen LogP contribution in [0.15, 0.2) is 4.99 Å². The van der Waals surface area contributed by atoms with Gasteiger partial charge < -0.3 is 10.2 Å². The number of quaternary nitrogens is 1. The monoisotopic (exact) mass is 339 g/mol. The zero-order valence-corrected chi connectivity index (χ0v) is 14.8. The molecule has 2 atom stereocenters. The Labute approximate surface area is 143 Å². The highest BCUT2D eigenvalue weighted by atomic mass is 32.1. The number of carbonyl (C=O) groups excluding carboxylic acids is 2. The summed E-state index contributed by atoms with van der Waals surface area (Å²) in [5.41, 5.74) is 0. The zero-order valence-electron chi connectivity index (χ0n) is 14.0. The number of thiocarbonyl (C=S) groups is 1. The first kappa shape index (κ1) is 18.0. The molecule has 6 nitrogen and oxygen atoms in total. The average molecular weight is 339 g/mol. The van der Waals surface area contributed by atoms with Crippen molar-refractivity contribution in [3.63, 3.8) is 0 Å². The van der Waals surface area contributed by atoms with E-state index in [-0.39, 0.29) is 23.0 Å². The summed E-state index contributed by atoms with van der Waals surface area (Å²) >= 11 is 5.12. The maximum absolute atomic E-state index is 12.5. The second-order valence-electron chi connectivity index (χ2n) is 6.35. The molecule has 2 N–H and O–H groups in total. The van der Waals surface area contributed by atoms with Gasteiger partial charge in [0.05, 0.1) is 26.2 Å². The van der Waals surface area contributed by atoms with Crippen LogP contribution in [0.4, 0.5) is 0 Å². The van der Waals surface area contributed by atoms with Gasteiger partial charge >= 0.3 is 0 Å². The molecule has 0 aromatic rings. The molecule has 2 aliphatic rings. The van der Waals surface area contributed by atoms with Gasteiger partial charge in [0.2, 0.25) is 11.8 Å². The molecule has 0 aromatic carbocycles. The van der Waals surface area contributed by atoms with Crippen molar-refractivity contribution >= 4 is 35.4 Å². The fourth-order valence-electron chi connectivity index (χ4n) is 3.04. The summed E-state index contributed by atoms with van der Waals surface area (Å²) in [5, 5.41) is 2.82. The van der Waals surface area contributed by atoms with Crippen molar-refractivity contribution in [1.82, 2.24) is 10.2 Å². The van der Waals surface area contributed by atoms with Crippen LogP contribution in [0, 0.1) is 5.92 Å². The van der Waals surface area contributed by atoms with Crippen LogP contribution < -0.4 is 10.2 Å². The smallest absolute Gasteiger partial charge is 0.247 e. The summed E-state index contributed by atoms with van der Waals surface area (Å²) in [4.78, 5) is 32.0. The van der Waals surface area contributed by atoms with Gasteiger partial charge in [-0.15, -0.1) is 0 Å². The van der Waals surface area contributed by atoms with Crippen molar-refractivity contribution in [3.8, 4) is 0 Å². The number of amides is 2. The molecule has 23 heavy (non-hydrogen) atoms. The van der Waals surface area contributed by atoms with E-state index in [1.54, 1.807) is 4.90 Å². The topological polar surface area (TPSA) is 66.2 Å². The maximum Gasteiger partial charge on any atom is 0.247 e. The van der Waals surface area contributed by atoms with Gasteiger partial charge in [0.1, 0.15) is 0 Å². The first-order valence-corrected chi connectivity index (χ1v) is 8.96. The molecule has 0 radical (unpaired) electrons. The lowest BCUT2D eigenvalue weighted by Crippen LogP contribution is -3.13. The highest BCUT2D eigenvalue weighted by Gasteiger charge is 2.39. The predicted octanol–water partition coefficient (Wildman–Crippen LogP) is -0.216. The van der Waals surface area contributed by atoms with Crippen LogP contribution in [0.3, 0.4) is 0 Å². The number of hydrogen-bond acceptors (Lipinski definition) is 4. The van der Waals surface area contributed by atoms with Crippen LogP contribution in [0.2, 0.25) is 0 Å². The van der Waals surface area contributed by atoms with E-state index in [1.807, 2.05) is 13.8 Å². The van der Waals surface area contributed by atoms with E-state index in [0.29, 0.717) is 6.54 Å². The van der Waals surface area contributed by atoms with E-state index in [4.69, 9.17) is 12.2 Å². The Morgan fingerprint density at radius 3 is 2.74 bits per heavy atom. The molecule has 0 saturated carbocycles. The van der Waals surface area contributed by atoms with Gasteiger partial charge in [0, 0.05) is 12.3 Å². The third-order valence-electron chi connectivity index (χ3n) is 4.68. The molecular weight excluding hydrogens is 312 g/mol. The summed E-state index contributed by atoms with van der Waals surface area (Å²) in [6, 6.07) is -0.0238. The summed E-state index contributed by atoms with van der Waals surface area (Å²) in [7, 11) is 0. The maximum atomic E-state index is 12.5. The normalized spacial score (nSPS) is 25.0. The number of nitrogens with one attached hydrogen (secondary N) is 2. The van der Waals surface area contributed by atoms with Crippen molar-refractivity contribution in [1.29, 1.82) is 0 Å². The Hall–Kier alpha value is -1.34. The predicted molar refractivity (Wildman–Crippen MR) is 93.6 cm³/mol. The van der Waals surface area contributed by atoms with E-state index >= 15 is 0 Å². The standard InChI is InChI=1S/C16H26N4O2S/c1-3-12(2)20-15(22)13(14(21)18-16(20)23)11-17-7-10-19-8-5-4-6-9-19/h11-13H,3-10H2,1-2H3,(H,18,21,23)/p+1/t12-,13+/m1/s1. The SMILES string of the molecule is CC[C@@H](C)N1C(=O)[C@@H](C=NCC[NH+]2CCCCC2)C(=O)NC1=S. The summed E-state index contributed by atoms with van der Waals surface area (Å²) in [6.07, 6.45) is 6.17. The van der Waals surface area contributed by atoms with Gasteiger partial charge in [-0.25, -0.2) is 0 Å². The van der Waals surface area contributed by atoms with Crippen molar-refractivity contribution in [2.24, 2.45) is 10.9 Å². The number of aliphatic imine (C=N–C) groups is 1. The zero-order chi connectivity index (χ0) is 16.8. The highest BCUT2D eigenvalue weighted by Crippen LogP contribution is 2.14. The lowest BCUT2D eigenvalue weighted by atomic mass is 10.0. The molecule has 2 fully saturated rings. The molecule has 2 amide bonds. The van der Waals surface area contributed by atoms with E-state index in [0.717, 1.165) is 13.0 Å². The largest absolute Gasteiger partial charge is 0.333 e. The van der Waals surface area contributed by atoms with Crippen LogP contribution in [0.1, 0.15) is 39.5 Å². The summed E-state index contributed by atoms with van der Waals surface area (Å²) in [6.45, 7) is 7.94. The van der Waals surface area contributed by atoms with Gasteiger partial charge in [0.15, 0.2) is 11.0 Å². The van der Waals surface area contributed by atoms with Crippen molar-refractivity contribution in [2.45, 2.75) is 45.6 Å². The van der Waals surface area contributed by atoms with Crippen LogP contribution in [-0.4, -0.2) is 60.3 Å². The van der Waals surface area contributed by atoms with Crippen LogP contribution >= 0.6 is 12.2 Å². The van der Waals surface area contributed by atoms with Gasteiger partial charge in [-0.2, -0.15) is 0 Å². The molecule has 0 aliphatic carbocycles. The van der Waals surface area contributed by atoms with Crippen LogP contribution in [0.25, 0.3) is 0 Å². The Balaban J connectivity index is 1.91. The van der Waals surface area contributed by atoms with Crippen LogP contribution in [0.5, 0.6) is 0 Å². The molecule has 0 spiro atoms. The molecule has 2 rings (SSSR count). The minimum Gasteiger partial charge on any atom is -0.333 e. The molecule has 0 unspecified atom stereocenters. The minimum atomic E-state index is -0.855. The third kappa shape index (κ3) is 4.57. The molecule has 2 heterocycles. The minimum absolute atomic E-state index is 0.0238. The van der Waals surface area contributed by atoms with Crippen molar-refractivity contribution in [3.05, 3.63) is 0 Å². The molecule has 0 aromatic heterocycles. The number of likely N-dealkylation sites (tertiary alicyclic amines) is 1. The number of piperidine rings is 1. The third-order valence-corrected chi connectivity index (χ3v) is 4.97. The Morgan fingerprint density at radius 1 is 1.39 bits per heavy atom. The van der Waals surface area contributed by atoms with E-state index < -0.39 is 5.92 Å². The van der Waals surface area contributed by atoms with Crippen LogP contribution in [-0.2, 0) is 9.59 Å². The Bertz CT molecular complexity index is 488. The highest BCUT2D eigenvalue weighted by molar-refractivity contribution is 7.80. The van der Waals surface area contributed by atoms with Gasteiger partial charge in [-0.05, 0) is 44.8 Å². The molecule has 0 bridgehead atoms. The fraction of sp³-hybridized carbons (Fsp3) is 0.750. The lowest BCUT2D eigenvalue weighted by molar-refractivity contribution is -0.903. The van der Waals surface area contributed by atoms with Gasteiger partial charge in [-0.1, -0.05) is 6.92 Å². The van der Waals surface area contributed by atoms with Gasteiger partial charge in [0.25, 0.3) is 0 Å². The first-order chi connectivity index (χ1) is 11.0. The quantitative estimate of drug-likeness (QED) is 0.400. The average Bonchev–Trinajstić information content (AvgIpc) is 2.54. The van der Waals surface area contributed by atoms with E-state index in [9.17, 15) is 9.59 Å². The fourth-order valence-corrected chi connectivity index (χ4v) is 3.41. The Kier molecular flexibility index (Phi) is 6.65. The summed E-state index contributed by atoms with van der Waals surface area (Å²) in [5.74, 6) is -1.48. The second kappa shape index (κ2) is 8.49. The molecular formula is C16H27N4O2S+. The van der Waals surface area contributed by atoms with E-state index in [2.05, 4.69) is 10.3 Å². The lowest BCUT2D eigenvalue weighted by Gasteiger charge is -2.34. The molecule has 7 heteroatoms. The molecule has 2 aliphatic heterocycles. The van der Waals surface area contributed by atoms with Crippen molar-refractivity contribution in [2.75, 3.05) is 26.2 Å². The van der Waals surface area contributed by atoms with Gasteiger partial charge in [-0.3, -0.25) is 19.5 Å². The number of nitrogens with zero attached hydrogens (tertiary/aromatic N) is 2. The van der Waals surface area contributed by atoms with E-state index in [1.165, 1.54) is 43.5 Å². The Morgan fingerprint density at radius 2 is 2.09 bits per heavy atom.